The molecule has 0 amide bonds. The van der Waals surface area contributed by atoms with Crippen molar-refractivity contribution in [1.29, 1.82) is 0 Å². The summed E-state index contributed by atoms with van der Waals surface area (Å²) < 4.78 is 3.85. The quantitative estimate of drug-likeness (QED) is 0.631. The van der Waals surface area contributed by atoms with Gasteiger partial charge in [-0.25, -0.2) is 0 Å². The Kier molecular flexibility index (Phi) is 4.58. The lowest BCUT2D eigenvalue weighted by Gasteiger charge is -2.21. The van der Waals surface area contributed by atoms with Crippen LogP contribution >= 0.6 is 11.8 Å². The summed E-state index contributed by atoms with van der Waals surface area (Å²) in [5.74, 6) is 0.111. The average molecular weight is 360 g/mol. The molecule has 0 aliphatic carbocycles. The smallest absolute Gasteiger partial charge is 0.315 e. The normalized spacial score (nSPS) is 19.2. The van der Waals surface area contributed by atoms with Crippen molar-refractivity contribution in [3.8, 4) is 0 Å². The highest BCUT2D eigenvalue weighted by atomic mass is 32.2. The lowest BCUT2D eigenvalue weighted by molar-refractivity contribution is -0.144. The number of aromatic nitrogens is 2. The molecule has 1 atom stereocenters. The van der Waals surface area contributed by atoms with Gasteiger partial charge >= 0.3 is 5.97 Å². The van der Waals surface area contributed by atoms with E-state index in [2.05, 4.69) is 6.92 Å². The Morgan fingerprint density at radius 1 is 1.32 bits per heavy atom. The molecule has 134 valence electrons. The van der Waals surface area contributed by atoms with Crippen LogP contribution in [0.5, 0.6) is 0 Å². The number of nitrogens with zero attached hydrogens (tertiary/aromatic N) is 2. The molecule has 0 radical (unpaired) electrons. The minimum atomic E-state index is -0.874. The first kappa shape index (κ1) is 17.9. The SMILES string of the molecule is CCSc1ccc(C(=O)c2c(C)cc3n2CCC3(CC)C(=O)O)n1C. The predicted octanol–water partition coefficient (Wildman–Crippen LogP) is 3.61. The number of ketones is 1. The van der Waals surface area contributed by atoms with Crippen LogP contribution < -0.4 is 0 Å². The van der Waals surface area contributed by atoms with Gasteiger partial charge < -0.3 is 14.2 Å². The van der Waals surface area contributed by atoms with Gasteiger partial charge in [-0.3, -0.25) is 9.59 Å². The van der Waals surface area contributed by atoms with Crippen molar-refractivity contribution in [2.45, 2.75) is 50.6 Å². The summed E-state index contributed by atoms with van der Waals surface area (Å²) >= 11 is 1.70. The number of aryl methyl sites for hydroxylation is 1. The number of rotatable bonds is 6. The second-order valence-electron chi connectivity index (χ2n) is 6.58. The van der Waals surface area contributed by atoms with Crippen molar-refractivity contribution < 1.29 is 14.7 Å². The maximum atomic E-state index is 13.2. The predicted molar refractivity (Wildman–Crippen MR) is 98.6 cm³/mol. The zero-order valence-electron chi connectivity index (χ0n) is 15.1. The molecule has 5 nitrogen and oxygen atoms in total. The van der Waals surface area contributed by atoms with Crippen LogP contribution in [0.1, 0.15) is 54.1 Å². The third kappa shape index (κ3) is 2.54. The molecule has 1 aliphatic rings. The molecule has 6 heteroatoms. The second kappa shape index (κ2) is 6.41. The highest BCUT2D eigenvalue weighted by molar-refractivity contribution is 7.99. The van der Waals surface area contributed by atoms with Crippen molar-refractivity contribution in [2.75, 3.05) is 5.75 Å². The molecule has 1 unspecified atom stereocenters. The summed E-state index contributed by atoms with van der Waals surface area (Å²) in [4.78, 5) is 25.1. The summed E-state index contributed by atoms with van der Waals surface area (Å²) in [6.45, 7) is 6.45. The van der Waals surface area contributed by atoms with E-state index in [1.165, 1.54) is 0 Å². The van der Waals surface area contributed by atoms with Crippen LogP contribution in [0.4, 0.5) is 0 Å². The van der Waals surface area contributed by atoms with Gasteiger partial charge in [0.05, 0.1) is 16.4 Å². The van der Waals surface area contributed by atoms with Crippen molar-refractivity contribution in [3.63, 3.8) is 0 Å². The highest BCUT2D eigenvalue weighted by Crippen LogP contribution is 2.41. The first-order valence-electron chi connectivity index (χ1n) is 8.64. The maximum absolute atomic E-state index is 13.2. The lowest BCUT2D eigenvalue weighted by Crippen LogP contribution is -2.32. The topological polar surface area (TPSA) is 64.2 Å². The average Bonchev–Trinajstić information content (AvgIpc) is 3.20. The summed E-state index contributed by atoms with van der Waals surface area (Å²) in [6, 6.07) is 5.72. The van der Waals surface area contributed by atoms with Crippen LogP contribution in [0, 0.1) is 6.92 Å². The van der Waals surface area contributed by atoms with Gasteiger partial charge in [0.15, 0.2) is 0 Å². The largest absolute Gasteiger partial charge is 0.481 e. The van der Waals surface area contributed by atoms with Gasteiger partial charge in [-0.1, -0.05) is 13.8 Å². The van der Waals surface area contributed by atoms with Gasteiger partial charge in [0.2, 0.25) is 5.78 Å². The molecule has 0 fully saturated rings. The van der Waals surface area contributed by atoms with Crippen LogP contribution in [0.3, 0.4) is 0 Å². The van der Waals surface area contributed by atoms with E-state index in [4.69, 9.17) is 0 Å². The highest BCUT2D eigenvalue weighted by Gasteiger charge is 2.46. The van der Waals surface area contributed by atoms with Crippen LogP contribution in [0.15, 0.2) is 23.2 Å². The molecule has 2 aromatic rings. The second-order valence-corrected chi connectivity index (χ2v) is 7.87. The fraction of sp³-hybridized carbons (Fsp3) is 0.474. The Morgan fingerprint density at radius 3 is 2.64 bits per heavy atom. The Hall–Kier alpha value is -1.95. The molecule has 1 N–H and O–H groups in total. The fourth-order valence-electron chi connectivity index (χ4n) is 3.91. The van der Waals surface area contributed by atoms with Crippen molar-refractivity contribution in [2.24, 2.45) is 7.05 Å². The van der Waals surface area contributed by atoms with E-state index >= 15 is 0 Å². The molecule has 3 rings (SSSR count). The van der Waals surface area contributed by atoms with Crippen molar-refractivity contribution in [1.82, 2.24) is 9.13 Å². The zero-order chi connectivity index (χ0) is 18.4. The van der Waals surface area contributed by atoms with Gasteiger partial charge in [-0.15, -0.1) is 11.8 Å². The standard InChI is InChI=1S/C19H24N2O3S/c1-5-19(18(23)24)9-10-21-14(19)11-12(3)16(21)17(22)13-7-8-15(20(13)4)25-6-2/h7-8,11H,5-6,9-10H2,1-4H3,(H,23,24). The van der Waals surface area contributed by atoms with Gasteiger partial charge in [-0.2, -0.15) is 0 Å². The number of carboxylic acids is 1. The van der Waals surface area contributed by atoms with Gasteiger partial charge in [0, 0.05) is 19.3 Å². The molecule has 0 bridgehead atoms. The molecule has 3 heterocycles. The fourth-order valence-corrected chi connectivity index (χ4v) is 4.66. The van der Waals surface area contributed by atoms with E-state index < -0.39 is 11.4 Å². The van der Waals surface area contributed by atoms with E-state index in [1.54, 1.807) is 11.8 Å². The molecular formula is C19H24N2O3S. The Bertz CT molecular complexity index is 849. The third-order valence-corrected chi connectivity index (χ3v) is 6.36. The Balaban J connectivity index is 2.07. The van der Waals surface area contributed by atoms with E-state index in [9.17, 15) is 14.7 Å². The number of carboxylic acid groups (broad SMARTS) is 1. The molecule has 0 aromatic carbocycles. The molecule has 1 aliphatic heterocycles. The molecule has 2 aromatic heterocycles. The summed E-state index contributed by atoms with van der Waals surface area (Å²) in [6.07, 6.45) is 1.07. The summed E-state index contributed by atoms with van der Waals surface area (Å²) in [5.41, 5.74) is 2.01. The minimum absolute atomic E-state index is 0.0357. The molecule has 0 spiro atoms. The van der Waals surface area contributed by atoms with Crippen molar-refractivity contribution in [3.05, 3.63) is 40.8 Å². The summed E-state index contributed by atoms with van der Waals surface area (Å²) in [7, 11) is 1.90. The zero-order valence-corrected chi connectivity index (χ0v) is 15.9. The van der Waals surface area contributed by atoms with Crippen LogP contribution in [0.25, 0.3) is 0 Å². The number of carbonyl (C=O) groups excluding carboxylic acids is 1. The molecule has 0 saturated carbocycles. The number of carbonyl (C=O) groups is 2. The van der Waals surface area contributed by atoms with E-state index in [-0.39, 0.29) is 5.78 Å². The number of fused-ring (bicyclic) bond motifs is 1. The van der Waals surface area contributed by atoms with Crippen molar-refractivity contribution >= 4 is 23.5 Å². The number of aliphatic carboxylic acids is 1. The maximum Gasteiger partial charge on any atom is 0.315 e. The first-order chi connectivity index (χ1) is 11.9. The number of hydrogen-bond acceptors (Lipinski definition) is 3. The Labute approximate surface area is 152 Å². The van der Waals surface area contributed by atoms with E-state index in [0.29, 0.717) is 30.8 Å². The van der Waals surface area contributed by atoms with Gasteiger partial charge in [-0.05, 0) is 49.3 Å². The van der Waals surface area contributed by atoms with Gasteiger partial charge in [0.25, 0.3) is 0 Å². The lowest BCUT2D eigenvalue weighted by atomic mass is 9.81. The first-order valence-corrected chi connectivity index (χ1v) is 9.63. The monoisotopic (exact) mass is 360 g/mol. The number of hydrogen-bond donors (Lipinski definition) is 1. The molecular weight excluding hydrogens is 336 g/mol. The van der Waals surface area contributed by atoms with Crippen LogP contribution in [0.2, 0.25) is 0 Å². The molecule has 0 saturated heterocycles. The number of thioether (sulfide) groups is 1. The van der Waals surface area contributed by atoms with E-state index in [1.807, 2.05) is 48.2 Å². The van der Waals surface area contributed by atoms with Crippen LogP contribution in [-0.4, -0.2) is 31.7 Å². The molecule has 25 heavy (non-hydrogen) atoms. The minimum Gasteiger partial charge on any atom is -0.481 e. The Morgan fingerprint density at radius 2 is 2.04 bits per heavy atom. The summed E-state index contributed by atoms with van der Waals surface area (Å²) in [5, 5.41) is 10.8. The van der Waals surface area contributed by atoms with Crippen LogP contribution in [-0.2, 0) is 23.8 Å². The van der Waals surface area contributed by atoms with E-state index in [0.717, 1.165) is 22.0 Å². The third-order valence-electron chi connectivity index (χ3n) is 5.37. The van der Waals surface area contributed by atoms with Gasteiger partial charge in [0.1, 0.15) is 5.41 Å².